The van der Waals surface area contributed by atoms with Crippen molar-refractivity contribution in [2.45, 2.75) is 26.4 Å². The lowest BCUT2D eigenvalue weighted by atomic mass is 10.0. The van der Waals surface area contributed by atoms with Crippen molar-refractivity contribution in [1.82, 2.24) is 19.9 Å². The summed E-state index contributed by atoms with van der Waals surface area (Å²) in [5, 5.41) is 0.565. The Hall–Kier alpha value is -3.75. The van der Waals surface area contributed by atoms with E-state index in [-0.39, 0.29) is 24.4 Å². The van der Waals surface area contributed by atoms with E-state index in [9.17, 15) is 22.4 Å². The highest BCUT2D eigenvalue weighted by Crippen LogP contribution is 2.26. The third kappa shape index (κ3) is 5.08. The van der Waals surface area contributed by atoms with Crippen LogP contribution in [-0.4, -0.2) is 45.0 Å². The number of aromatic amines is 1. The van der Waals surface area contributed by atoms with Crippen LogP contribution in [0.1, 0.15) is 27.2 Å². The van der Waals surface area contributed by atoms with Crippen molar-refractivity contribution >= 4 is 16.8 Å². The number of halogens is 4. The van der Waals surface area contributed by atoms with E-state index in [0.29, 0.717) is 26.9 Å². The monoisotopic (exact) mass is 470 g/mol. The van der Waals surface area contributed by atoms with E-state index in [1.807, 2.05) is 26.0 Å². The van der Waals surface area contributed by atoms with Crippen molar-refractivity contribution in [1.29, 1.82) is 0 Å². The van der Waals surface area contributed by atoms with Gasteiger partial charge >= 0.3 is 6.18 Å². The summed E-state index contributed by atoms with van der Waals surface area (Å²) in [4.78, 5) is 25.3. The first-order chi connectivity index (χ1) is 16.1. The van der Waals surface area contributed by atoms with Crippen molar-refractivity contribution in [2.75, 3.05) is 13.1 Å². The maximum atomic E-state index is 13.7. The fourth-order valence-corrected chi connectivity index (χ4v) is 3.83. The van der Waals surface area contributed by atoms with Crippen LogP contribution in [0.5, 0.6) is 0 Å². The first kappa shape index (κ1) is 23.4. The number of hydrogen-bond donors (Lipinski definition) is 1. The molecule has 4 aromatic rings. The van der Waals surface area contributed by atoms with Gasteiger partial charge in [-0.05, 0) is 61.2 Å². The Bertz CT molecular complexity index is 1350. The molecule has 0 aliphatic carbocycles. The molecule has 2 aromatic heterocycles. The Morgan fingerprint density at radius 2 is 1.79 bits per heavy atom. The molecule has 0 atom stereocenters. The van der Waals surface area contributed by atoms with Gasteiger partial charge in [0.05, 0.1) is 0 Å². The molecular weight excluding hydrogens is 448 g/mol. The number of carbonyl (C=O) groups excluding carboxylic acids is 1. The molecule has 0 aliphatic heterocycles. The number of nitrogens with zero attached hydrogens (tertiary/aromatic N) is 3. The van der Waals surface area contributed by atoms with Crippen LogP contribution >= 0.6 is 0 Å². The summed E-state index contributed by atoms with van der Waals surface area (Å²) in [6.07, 6.45) is -0.208. The van der Waals surface area contributed by atoms with Gasteiger partial charge in [0.15, 0.2) is 5.69 Å². The summed E-state index contributed by atoms with van der Waals surface area (Å²) >= 11 is 0. The minimum atomic E-state index is -4.61. The molecule has 1 N–H and O–H groups in total. The van der Waals surface area contributed by atoms with Gasteiger partial charge in [-0.2, -0.15) is 13.2 Å². The second-order valence-electron chi connectivity index (χ2n) is 8.15. The molecule has 0 spiro atoms. The molecule has 5 nitrogen and oxygen atoms in total. The summed E-state index contributed by atoms with van der Waals surface area (Å²) < 4.78 is 53.8. The number of alkyl halides is 3. The number of fused-ring (bicyclic) bond motifs is 1. The van der Waals surface area contributed by atoms with Crippen molar-refractivity contribution in [2.24, 2.45) is 0 Å². The Balaban J connectivity index is 1.66. The van der Waals surface area contributed by atoms with E-state index in [4.69, 9.17) is 0 Å². The second-order valence-corrected chi connectivity index (χ2v) is 8.15. The summed E-state index contributed by atoms with van der Waals surface area (Å²) in [7, 11) is 0. The van der Waals surface area contributed by atoms with Crippen LogP contribution in [-0.2, 0) is 6.42 Å². The average molecular weight is 470 g/mol. The van der Waals surface area contributed by atoms with Crippen LogP contribution in [0.4, 0.5) is 17.6 Å². The van der Waals surface area contributed by atoms with Crippen LogP contribution in [0.3, 0.4) is 0 Å². The minimum absolute atomic E-state index is 0.102. The minimum Gasteiger partial charge on any atom is -0.361 e. The zero-order chi connectivity index (χ0) is 24.5. The largest absolute Gasteiger partial charge is 0.406 e. The Morgan fingerprint density at radius 3 is 2.53 bits per heavy atom. The molecule has 2 heterocycles. The van der Waals surface area contributed by atoms with E-state index in [0.717, 1.165) is 11.1 Å². The van der Waals surface area contributed by atoms with Crippen LogP contribution in [0.25, 0.3) is 22.2 Å². The quantitative estimate of drug-likeness (QED) is 0.372. The summed E-state index contributed by atoms with van der Waals surface area (Å²) in [6, 6.07) is 9.62. The fraction of sp³-hybridized carbons (Fsp3) is 0.240. The molecule has 0 fully saturated rings. The van der Waals surface area contributed by atoms with Gasteiger partial charge in [0.25, 0.3) is 5.91 Å². The van der Waals surface area contributed by atoms with Gasteiger partial charge < -0.3 is 9.88 Å². The molecule has 34 heavy (non-hydrogen) atoms. The predicted molar refractivity (Wildman–Crippen MR) is 121 cm³/mol. The lowest BCUT2D eigenvalue weighted by Gasteiger charge is -2.24. The zero-order valence-corrected chi connectivity index (χ0v) is 18.6. The predicted octanol–water partition coefficient (Wildman–Crippen LogP) is 5.63. The number of carbonyl (C=O) groups is 1. The van der Waals surface area contributed by atoms with Crippen LogP contribution in [0.2, 0.25) is 0 Å². The zero-order valence-electron chi connectivity index (χ0n) is 18.6. The summed E-state index contributed by atoms with van der Waals surface area (Å²) in [5.74, 6) is -1.32. The van der Waals surface area contributed by atoms with Gasteiger partial charge in [-0.15, -0.1) is 0 Å². The SMILES string of the molecule is Cc1ccc(-c2nccnc2C(=O)N(CCc2c[nH]c3ccc(F)cc23)CC(F)(F)F)cc1C. The van der Waals surface area contributed by atoms with Crippen molar-refractivity contribution < 1.29 is 22.4 Å². The third-order valence-corrected chi connectivity index (χ3v) is 5.72. The normalized spacial score (nSPS) is 11.7. The molecule has 4 rings (SSSR count). The van der Waals surface area contributed by atoms with Gasteiger partial charge in [-0.3, -0.25) is 9.78 Å². The highest BCUT2D eigenvalue weighted by molar-refractivity contribution is 5.98. The number of amides is 1. The van der Waals surface area contributed by atoms with Gasteiger partial charge in [-0.1, -0.05) is 12.1 Å². The molecule has 0 saturated carbocycles. The first-order valence-electron chi connectivity index (χ1n) is 10.6. The molecule has 2 aromatic carbocycles. The molecule has 0 radical (unpaired) electrons. The Kier molecular flexibility index (Phi) is 6.37. The lowest BCUT2D eigenvalue weighted by Crippen LogP contribution is -2.40. The smallest absolute Gasteiger partial charge is 0.361 e. The molecular formula is C25H22F4N4O. The van der Waals surface area contributed by atoms with Crippen molar-refractivity contribution in [3.05, 3.63) is 83.2 Å². The third-order valence-electron chi connectivity index (χ3n) is 5.72. The molecule has 1 amide bonds. The molecule has 176 valence electrons. The number of aromatic nitrogens is 3. The topological polar surface area (TPSA) is 61.9 Å². The Labute approximate surface area is 193 Å². The maximum Gasteiger partial charge on any atom is 0.406 e. The van der Waals surface area contributed by atoms with Gasteiger partial charge in [-0.25, -0.2) is 9.37 Å². The second kappa shape index (κ2) is 9.24. The standard InChI is InChI=1S/C25H22F4N4O/c1-15-3-4-17(11-16(15)2)22-23(31-9-8-30-22)24(34)33(14-25(27,28)29)10-7-18-13-32-21-6-5-19(26)12-20(18)21/h3-6,8-9,11-13,32H,7,10,14H2,1-2H3. The number of nitrogens with one attached hydrogen (secondary N) is 1. The van der Waals surface area contributed by atoms with E-state index in [2.05, 4.69) is 15.0 Å². The number of aryl methyl sites for hydroxylation is 2. The van der Waals surface area contributed by atoms with Crippen molar-refractivity contribution in [3.8, 4) is 11.3 Å². The van der Waals surface area contributed by atoms with Crippen LogP contribution < -0.4 is 0 Å². The maximum absolute atomic E-state index is 13.7. The molecule has 0 bridgehead atoms. The summed E-state index contributed by atoms with van der Waals surface area (Å²) in [6.45, 7) is 2.16. The van der Waals surface area contributed by atoms with Crippen LogP contribution in [0.15, 0.2) is 55.0 Å². The summed E-state index contributed by atoms with van der Waals surface area (Å²) in [5.41, 5.74) is 3.93. The number of H-pyrrole nitrogens is 1. The lowest BCUT2D eigenvalue weighted by molar-refractivity contribution is -0.140. The van der Waals surface area contributed by atoms with Gasteiger partial charge in [0, 0.05) is 41.6 Å². The molecule has 0 unspecified atom stereocenters. The van der Waals surface area contributed by atoms with E-state index in [1.165, 1.54) is 24.5 Å². The van der Waals surface area contributed by atoms with Gasteiger partial charge in [0.2, 0.25) is 0 Å². The van der Waals surface area contributed by atoms with Crippen LogP contribution in [0, 0.1) is 19.7 Å². The fourth-order valence-electron chi connectivity index (χ4n) is 3.83. The van der Waals surface area contributed by atoms with Gasteiger partial charge in [0.1, 0.15) is 18.1 Å². The van der Waals surface area contributed by atoms with E-state index in [1.54, 1.807) is 18.3 Å². The number of benzene rings is 2. The highest BCUT2D eigenvalue weighted by Gasteiger charge is 2.34. The molecule has 0 aliphatic rings. The molecule has 9 heteroatoms. The first-order valence-corrected chi connectivity index (χ1v) is 10.6. The van der Waals surface area contributed by atoms with E-state index < -0.39 is 24.4 Å². The number of hydrogen-bond acceptors (Lipinski definition) is 3. The Morgan fingerprint density at radius 1 is 1.03 bits per heavy atom. The average Bonchev–Trinajstić information content (AvgIpc) is 3.19. The molecule has 0 saturated heterocycles. The highest BCUT2D eigenvalue weighted by atomic mass is 19.4. The number of rotatable bonds is 6. The van der Waals surface area contributed by atoms with Crippen molar-refractivity contribution in [3.63, 3.8) is 0 Å². The van der Waals surface area contributed by atoms with E-state index >= 15 is 0 Å².